The van der Waals surface area contributed by atoms with Crippen LogP contribution in [0, 0.1) is 6.07 Å². The van der Waals surface area contributed by atoms with E-state index < -0.39 is 54.1 Å². The molecular formula is C14H6F15O. The lowest BCUT2D eigenvalue weighted by Gasteiger charge is -2.41. The van der Waals surface area contributed by atoms with Crippen molar-refractivity contribution in [2.24, 2.45) is 0 Å². The van der Waals surface area contributed by atoms with Crippen molar-refractivity contribution in [1.82, 2.24) is 0 Å². The lowest BCUT2D eigenvalue weighted by atomic mass is 9.91. The monoisotopic (exact) mass is 475 g/mol. The van der Waals surface area contributed by atoms with Gasteiger partial charge in [-0.1, -0.05) is 18.2 Å². The summed E-state index contributed by atoms with van der Waals surface area (Å²) in [6.45, 7) is -2.88. The maximum absolute atomic E-state index is 13.5. The van der Waals surface area contributed by atoms with Gasteiger partial charge in [-0.2, -0.15) is 65.9 Å². The fraction of sp³-hybridized carbons (Fsp3) is 0.571. The zero-order valence-electron chi connectivity index (χ0n) is 13.6. The minimum atomic E-state index is -8.30. The van der Waals surface area contributed by atoms with Gasteiger partial charge in [-0.3, -0.25) is 0 Å². The number of benzene rings is 1. The quantitative estimate of drug-likeness (QED) is 0.405. The molecule has 1 radical (unpaired) electrons. The predicted octanol–water partition coefficient (Wildman–Crippen LogP) is 6.24. The molecule has 0 N–H and O–H groups in total. The Hall–Kier alpha value is -2.03. The van der Waals surface area contributed by atoms with Crippen molar-refractivity contribution in [3.8, 4) is 5.75 Å². The van der Waals surface area contributed by atoms with Gasteiger partial charge in [0.2, 0.25) is 0 Å². The molecular weight excluding hydrogens is 469 g/mol. The van der Waals surface area contributed by atoms with Crippen LogP contribution in [0.4, 0.5) is 65.9 Å². The fourth-order valence-corrected chi connectivity index (χ4v) is 1.72. The molecule has 0 saturated heterocycles. The van der Waals surface area contributed by atoms with Crippen LogP contribution in [0.3, 0.4) is 0 Å². The summed E-state index contributed by atoms with van der Waals surface area (Å²) < 4.78 is 198. The van der Waals surface area contributed by atoms with Crippen molar-refractivity contribution < 1.29 is 70.6 Å². The van der Waals surface area contributed by atoms with Crippen LogP contribution in [-0.2, 0) is 0 Å². The molecule has 16 heteroatoms. The van der Waals surface area contributed by atoms with Gasteiger partial charge in [0.25, 0.3) is 0 Å². The number of rotatable bonds is 8. The zero-order chi connectivity index (χ0) is 24.0. The Morgan fingerprint density at radius 2 is 1.03 bits per heavy atom. The molecule has 0 heterocycles. The van der Waals surface area contributed by atoms with Gasteiger partial charge in [0.05, 0.1) is 0 Å². The van der Waals surface area contributed by atoms with Gasteiger partial charge < -0.3 is 4.74 Å². The molecule has 0 aliphatic rings. The molecule has 0 saturated carbocycles. The van der Waals surface area contributed by atoms with E-state index in [1.807, 2.05) is 6.07 Å². The first-order chi connectivity index (χ1) is 13.1. The van der Waals surface area contributed by atoms with E-state index in [2.05, 4.69) is 4.74 Å². The number of para-hydroxylation sites is 1. The summed E-state index contributed by atoms with van der Waals surface area (Å²) in [7, 11) is 0. The molecule has 0 aromatic heterocycles. The summed E-state index contributed by atoms with van der Waals surface area (Å²) >= 11 is 0. The fourth-order valence-electron chi connectivity index (χ4n) is 1.72. The molecule has 1 nitrogen and oxygen atoms in total. The van der Waals surface area contributed by atoms with Gasteiger partial charge in [0.1, 0.15) is 5.75 Å². The SMILES string of the molecule is FC(F)(F)C(F)(F)C(F)(F)C(F)(F)C(F)(F)C(F)(F)C(F)(F)COc1[c]cccc1. The number of alkyl halides is 15. The Kier molecular flexibility index (Phi) is 6.31. The molecule has 1 aromatic carbocycles. The van der Waals surface area contributed by atoms with E-state index in [-0.39, 0.29) is 0 Å². The molecule has 30 heavy (non-hydrogen) atoms. The van der Waals surface area contributed by atoms with Gasteiger partial charge in [0.15, 0.2) is 6.61 Å². The molecule has 1 rings (SSSR count). The van der Waals surface area contributed by atoms with Crippen LogP contribution in [-0.4, -0.2) is 48.3 Å². The lowest BCUT2D eigenvalue weighted by molar-refractivity contribution is -0.453. The minimum absolute atomic E-state index is 0.735. The van der Waals surface area contributed by atoms with E-state index in [9.17, 15) is 65.9 Å². The third kappa shape index (κ3) is 3.72. The summed E-state index contributed by atoms with van der Waals surface area (Å²) in [5.74, 6) is -47.5. The smallest absolute Gasteiger partial charge is 0.460 e. The van der Waals surface area contributed by atoms with Gasteiger partial charge in [-0.15, -0.1) is 0 Å². The third-order valence-electron chi connectivity index (χ3n) is 3.48. The molecule has 173 valence electrons. The van der Waals surface area contributed by atoms with Crippen molar-refractivity contribution in [3.05, 3.63) is 30.3 Å². The second-order valence-electron chi connectivity index (χ2n) is 5.59. The highest BCUT2D eigenvalue weighted by Crippen LogP contribution is 2.62. The summed E-state index contributed by atoms with van der Waals surface area (Å²) in [4.78, 5) is 0. The van der Waals surface area contributed by atoms with Gasteiger partial charge >= 0.3 is 41.7 Å². The van der Waals surface area contributed by atoms with Crippen LogP contribution < -0.4 is 4.74 Å². The molecule has 0 atom stereocenters. The second kappa shape index (κ2) is 7.28. The Bertz CT molecular complexity index is 723. The van der Waals surface area contributed by atoms with Gasteiger partial charge in [0, 0.05) is 6.07 Å². The Labute approximate surface area is 156 Å². The Morgan fingerprint density at radius 1 is 0.600 bits per heavy atom. The summed E-state index contributed by atoms with van der Waals surface area (Å²) in [6, 6.07) is 5.80. The number of hydrogen-bond donors (Lipinski definition) is 0. The first-order valence-electron chi connectivity index (χ1n) is 7.01. The predicted molar refractivity (Wildman–Crippen MR) is 66.5 cm³/mol. The van der Waals surface area contributed by atoms with Crippen molar-refractivity contribution in [3.63, 3.8) is 0 Å². The zero-order valence-corrected chi connectivity index (χ0v) is 13.6. The average molecular weight is 475 g/mol. The van der Waals surface area contributed by atoms with Gasteiger partial charge in [-0.05, 0) is 6.07 Å². The van der Waals surface area contributed by atoms with Crippen LogP contribution in [0.5, 0.6) is 5.75 Å². The lowest BCUT2D eigenvalue weighted by Crippen LogP contribution is -2.73. The Morgan fingerprint density at radius 3 is 1.43 bits per heavy atom. The molecule has 0 fully saturated rings. The van der Waals surface area contributed by atoms with Crippen molar-refractivity contribution >= 4 is 0 Å². The van der Waals surface area contributed by atoms with Crippen LogP contribution in [0.25, 0.3) is 0 Å². The van der Waals surface area contributed by atoms with Crippen LogP contribution in [0.1, 0.15) is 0 Å². The van der Waals surface area contributed by atoms with Crippen LogP contribution in [0.2, 0.25) is 0 Å². The molecule has 0 bridgehead atoms. The van der Waals surface area contributed by atoms with Crippen molar-refractivity contribution in [2.75, 3.05) is 6.61 Å². The molecule has 0 aliphatic carbocycles. The van der Waals surface area contributed by atoms with E-state index in [4.69, 9.17) is 0 Å². The van der Waals surface area contributed by atoms with E-state index in [0.29, 0.717) is 0 Å². The highest BCUT2D eigenvalue weighted by Gasteiger charge is 2.93. The normalized spacial score (nSPS) is 15.3. The van der Waals surface area contributed by atoms with Crippen LogP contribution in [0.15, 0.2) is 24.3 Å². The number of ether oxygens (including phenoxy) is 1. The average Bonchev–Trinajstić information content (AvgIpc) is 2.59. The van der Waals surface area contributed by atoms with E-state index >= 15 is 0 Å². The van der Waals surface area contributed by atoms with Gasteiger partial charge in [-0.25, -0.2) is 0 Å². The molecule has 1 aromatic rings. The van der Waals surface area contributed by atoms with E-state index in [1.165, 1.54) is 6.07 Å². The van der Waals surface area contributed by atoms with E-state index in [1.54, 1.807) is 0 Å². The molecule has 0 amide bonds. The number of halogens is 15. The first kappa shape index (κ1) is 26.0. The number of hydrogen-bond acceptors (Lipinski definition) is 1. The van der Waals surface area contributed by atoms with Crippen LogP contribution >= 0.6 is 0 Å². The standard InChI is InChI=1S/C14H6F15O/c15-8(16,6-30-7-4-2-1-3-5-7)9(17,18)10(19,20)11(21,22)12(23,24)13(25,26)14(27,28)29/h1-4H,6H2. The van der Waals surface area contributed by atoms with Crippen molar-refractivity contribution in [2.45, 2.75) is 41.7 Å². The third-order valence-corrected chi connectivity index (χ3v) is 3.48. The summed E-state index contributed by atoms with van der Waals surface area (Å²) in [5.41, 5.74) is 0. The second-order valence-corrected chi connectivity index (χ2v) is 5.59. The summed E-state index contributed by atoms with van der Waals surface area (Å²) in [5, 5.41) is 0. The molecule has 0 spiro atoms. The highest BCUT2D eigenvalue weighted by atomic mass is 19.4. The summed E-state index contributed by atoms with van der Waals surface area (Å²) in [6.07, 6.45) is -7.62. The maximum atomic E-state index is 13.5. The highest BCUT2D eigenvalue weighted by molar-refractivity contribution is 5.20. The minimum Gasteiger partial charge on any atom is -0.486 e. The Balaban J connectivity index is 3.36. The maximum Gasteiger partial charge on any atom is 0.460 e. The molecule has 0 aliphatic heterocycles. The van der Waals surface area contributed by atoms with Crippen molar-refractivity contribution in [1.29, 1.82) is 0 Å². The first-order valence-corrected chi connectivity index (χ1v) is 7.01. The van der Waals surface area contributed by atoms with E-state index in [0.717, 1.165) is 18.2 Å². The topological polar surface area (TPSA) is 9.23 Å². The molecule has 0 unspecified atom stereocenters. The largest absolute Gasteiger partial charge is 0.486 e.